The molecule has 26 atom stereocenters. The molecule has 5 aliphatic rings. The smallest absolute Gasteiger partial charge is 0.474 e. The summed E-state index contributed by atoms with van der Waals surface area (Å²) in [6.45, 7) is -19.9. The van der Waals surface area contributed by atoms with Crippen LogP contribution in [-0.4, -0.2) is 303 Å². The summed E-state index contributed by atoms with van der Waals surface area (Å²) < 4.78 is 221. The number of nitrogens with one attached hydrogen (secondary N) is 5. The SMILES string of the molecule is COP(=O)(O)OC1[C@@H](COP(=O)(O)OCCCOP(=O)(O)OCCCOP(=O)(O)OC2CC(n3cc(/C=C/C(=O)O)c(=O)[nH]c3=O)OC2OP(=O)(O)OCCCOP(=O)(O)CCCOP(=O)(O)OC2CC(n3cnc4c(=O)[nH]c(N)nc43)OC2COP(O)(=S)OC2CC(n3cnc4c(=O)[nH]c(N)nc43)OC2COP(O)(=S)OC2CC(n3cnc4c(=O)[nH]c(N)nc43)OC2COP(C)(O)=S)O[C@@H](n2ccc(=O)[nH]c2=O)[C@H]1O. The second-order valence-corrected chi connectivity index (χ2v) is 51.5. The van der Waals surface area contributed by atoms with Crippen molar-refractivity contribution in [1.29, 1.82) is 0 Å². The molecule has 5 fully saturated rings. The Morgan fingerprint density at radius 1 is 0.452 bits per heavy atom. The number of phosphoric ester groups is 6. The first-order valence-corrected chi connectivity index (χ1v) is 61.0. The predicted octanol–water partition coefficient (Wildman–Crippen LogP) is -0.818. The zero-order valence-corrected chi connectivity index (χ0v) is 86.1. The van der Waals surface area contributed by atoms with Crippen molar-refractivity contribution in [1.82, 2.24) is 77.7 Å². The molecule has 23 unspecified atom stereocenters. The molecule has 5 saturated heterocycles. The highest BCUT2D eigenvalue weighted by Gasteiger charge is 2.53. The van der Waals surface area contributed by atoms with E-state index >= 15 is 0 Å². The number of carbonyl (C=O) groups is 1. The molecule has 0 radical (unpaired) electrons. The van der Waals surface area contributed by atoms with Crippen LogP contribution in [-0.2, 0) is 177 Å². The Morgan fingerprint density at radius 3 is 1.29 bits per heavy atom. The van der Waals surface area contributed by atoms with Crippen LogP contribution in [0.4, 0.5) is 17.8 Å². The van der Waals surface area contributed by atoms with E-state index in [9.17, 15) is 129 Å². The van der Waals surface area contributed by atoms with Gasteiger partial charge in [0.05, 0.1) is 116 Å². The van der Waals surface area contributed by atoms with Crippen LogP contribution in [0.2, 0.25) is 0 Å². The third kappa shape index (κ3) is 32.0. The first-order chi connectivity index (χ1) is 68.3. The van der Waals surface area contributed by atoms with Gasteiger partial charge in [-0.3, -0.25) is 131 Å². The van der Waals surface area contributed by atoms with Crippen molar-refractivity contribution >= 4 is 173 Å². The lowest BCUT2D eigenvalue weighted by molar-refractivity contribution is -0.136. The highest BCUT2D eigenvalue weighted by atomic mass is 32.5. The highest BCUT2D eigenvalue weighted by molar-refractivity contribution is 8.09. The fourth-order valence-electron chi connectivity index (χ4n) is 14.4. The number of hydrogen-bond acceptors (Lipinski definition) is 51. The molecule has 0 amide bonds. The number of aromatic nitrogens is 16. The number of phosphoric acid groups is 6. The number of aromatic amines is 5. The average molecular weight is 2330 g/mol. The number of H-pyrrole nitrogens is 5. The van der Waals surface area contributed by atoms with E-state index < -0.39 is 341 Å². The van der Waals surface area contributed by atoms with Gasteiger partial charge in [-0.05, 0) is 67.2 Å². The zero-order valence-electron chi connectivity index (χ0n) is 74.7. The van der Waals surface area contributed by atoms with Gasteiger partial charge in [-0.15, -0.1) is 0 Å². The maximum absolute atomic E-state index is 13.9. The monoisotopic (exact) mass is 2330 g/mol. The van der Waals surface area contributed by atoms with Gasteiger partial charge >= 0.3 is 85.3 Å². The molecule has 0 saturated carbocycles. The van der Waals surface area contributed by atoms with Crippen molar-refractivity contribution in [3.63, 3.8) is 0 Å². The molecule has 13 heterocycles. The molecule has 69 nitrogen and oxygen atoms in total. The number of rotatable bonds is 55. The molecule has 5 aliphatic heterocycles. The summed E-state index contributed by atoms with van der Waals surface area (Å²) >= 11 is 16.1. The number of carboxylic acid groups (broad SMARTS) is 1. The van der Waals surface area contributed by atoms with Gasteiger partial charge in [-0.2, -0.15) is 15.0 Å². The molecule has 13 rings (SSSR count). The fraction of sp³-hybridized carbons (Fsp3) is 0.594. The number of aliphatic hydroxyl groups is 1. The van der Waals surface area contributed by atoms with Gasteiger partial charge in [0.1, 0.15) is 73.7 Å². The number of carboxylic acids is 1. The lowest BCUT2D eigenvalue weighted by Gasteiger charge is -2.27. The van der Waals surface area contributed by atoms with E-state index in [1.165, 1.54) is 33.0 Å². The number of hydrogen-bond donors (Lipinski definition) is 20. The summed E-state index contributed by atoms with van der Waals surface area (Å²) in [6, 6.07) is 0.869. The van der Waals surface area contributed by atoms with Gasteiger partial charge in [0, 0.05) is 64.0 Å². The summed E-state index contributed by atoms with van der Waals surface area (Å²) in [5.41, 5.74) is 9.82. The second-order valence-electron chi connectivity index (χ2n) is 31.4. The molecule has 0 bridgehead atoms. The van der Waals surface area contributed by atoms with E-state index in [4.69, 9.17) is 153 Å². The third-order valence-electron chi connectivity index (χ3n) is 20.8. The molecule has 0 spiro atoms. The minimum atomic E-state index is -5.52. The Hall–Kier alpha value is -6.78. The van der Waals surface area contributed by atoms with E-state index in [-0.39, 0.29) is 64.2 Å². The largest absolute Gasteiger partial charge is 0.478 e. The van der Waals surface area contributed by atoms with E-state index in [0.29, 0.717) is 15.2 Å². The molecule has 146 heavy (non-hydrogen) atoms. The first-order valence-electron chi connectivity index (χ1n) is 42.0. The van der Waals surface area contributed by atoms with Gasteiger partial charge in [-0.1, -0.05) is 0 Å². The van der Waals surface area contributed by atoms with E-state index in [0.717, 1.165) is 38.0 Å². The number of anilines is 3. The topological polar surface area (TPSA) is 970 Å². The number of aliphatic hydroxyl groups excluding tert-OH is 1. The standard InChI is InChI=1S/C64H93N19O50P10S3/c1-111-136(97,98)132-50-39(126-58(49(50)87)79-10-9-40(84)71-63(79)92)27-120-138(101,102)115-14-4-12-113-137(99,100)114-13-5-16-116-140(105,106)129-35-22-41(80-23-31(7-8-45(85)86)54(88)78-64(80)93)127-59(35)133-141(107,108)117-15-3-11-112-135(95,96)18-6-17-118-139(103,104)128-32-19-42(81-28-68-46-51(81)72-60(65)75-55(46)89)124-37(32)25-121-142(109,145)131-34-21-44(83-30-70-48-53(83)74-62(67)77-57(48)91)125-38(34)26-122-143(110,146)130-33-20-43(123-36(33)24-119-134(2,94)144)82-29-69-47-52(82)73-61(66)76-56(47)90/h7-10,23,28-30,32-39,41-44,49-50,58-59,87H,3-6,11-22,24-27H2,1-2H3,(H,85,86)(H,94,144)(H,95,96)(H,97,98)(H,99,100)(H,101,102)(H,103,104)(H,105,106)(H,107,108)(H,109,145)(H,110,146)(H,71,84,92)(H,78,88,93)(H3,65,72,75,89)(H3,66,73,76,90)(H3,67,74,77,91)/b8-7+/t32?,33?,34?,35?,36?,37?,38?,39-,41?,42?,43?,44?,49+,50?,58-,59?,134?,142?,143?/m1/s1. The predicted molar refractivity (Wildman–Crippen MR) is 497 cm³/mol. The number of aliphatic carboxylic acids is 1. The number of nitrogen functional groups attached to an aromatic ring is 3. The van der Waals surface area contributed by atoms with Crippen molar-refractivity contribution < 1.29 is 201 Å². The molecule has 23 N–H and O–H groups in total. The van der Waals surface area contributed by atoms with Crippen LogP contribution in [0, 0.1) is 0 Å². The van der Waals surface area contributed by atoms with Crippen molar-refractivity contribution in [3.8, 4) is 0 Å². The van der Waals surface area contributed by atoms with Gasteiger partial charge in [0.2, 0.25) is 17.8 Å². The summed E-state index contributed by atoms with van der Waals surface area (Å²) in [5.74, 6) is -2.49. The first kappa shape index (κ1) is 116. The molecular formula is C64H93N19O50P10S3. The molecule has 8 aromatic heterocycles. The van der Waals surface area contributed by atoms with Gasteiger partial charge in [0.25, 0.3) is 27.8 Å². The lowest BCUT2D eigenvalue weighted by atomic mass is 10.1. The molecule has 82 heteroatoms. The zero-order chi connectivity index (χ0) is 106. The molecular weight excluding hydrogens is 2240 g/mol. The maximum atomic E-state index is 13.9. The average Bonchev–Trinajstić information content (AvgIpc) is 1.63. The Morgan fingerprint density at radius 2 is 0.842 bits per heavy atom. The Kier molecular flexibility index (Phi) is 38.4. The molecule has 812 valence electrons. The Labute approximate surface area is 829 Å². The second kappa shape index (κ2) is 48.3. The van der Waals surface area contributed by atoms with Crippen LogP contribution < -0.4 is 56.4 Å². The number of ether oxygens (including phenoxy) is 5. The lowest BCUT2D eigenvalue weighted by Crippen LogP contribution is -2.38. The number of nitrogens with two attached hydrogens (primary N) is 3. The number of imidazole rings is 3. The molecule has 0 aromatic carbocycles. The van der Waals surface area contributed by atoms with Crippen LogP contribution in [0.5, 0.6) is 0 Å². The van der Waals surface area contributed by atoms with Crippen LogP contribution in [0.3, 0.4) is 0 Å². The quantitative estimate of drug-likeness (QED) is 0.0126. The summed E-state index contributed by atoms with van der Waals surface area (Å²) in [6.07, 6.45) is -23.5. The van der Waals surface area contributed by atoms with Crippen molar-refractivity contribution in [3.05, 3.63) is 122 Å². The van der Waals surface area contributed by atoms with Gasteiger partial charge in [0.15, 0.2) is 52.5 Å². The molecule has 8 aromatic rings. The van der Waals surface area contributed by atoms with E-state index in [2.05, 4.69) is 49.4 Å². The van der Waals surface area contributed by atoms with Crippen LogP contribution >= 0.6 is 74.5 Å². The third-order valence-corrected chi connectivity index (χ3v) is 32.4. The minimum absolute atomic E-state index is 0.000382. The van der Waals surface area contributed by atoms with Crippen molar-refractivity contribution in [2.45, 2.75) is 150 Å². The minimum Gasteiger partial charge on any atom is -0.478 e. The summed E-state index contributed by atoms with van der Waals surface area (Å²) in [5, 5.41) is 20.1. The van der Waals surface area contributed by atoms with Gasteiger partial charge in [-0.25, -0.2) is 56.7 Å². The number of fused-ring (bicyclic) bond motifs is 3. The van der Waals surface area contributed by atoms with Crippen LogP contribution in [0.25, 0.3) is 39.6 Å². The van der Waals surface area contributed by atoms with E-state index in [1.54, 1.807) is 0 Å². The van der Waals surface area contributed by atoms with Crippen LogP contribution in [0.15, 0.2) is 77.1 Å². The maximum Gasteiger partial charge on any atom is 0.474 e. The Bertz CT molecular complexity index is 7080. The van der Waals surface area contributed by atoms with Crippen LogP contribution in [0.1, 0.15) is 88.1 Å². The summed E-state index contributed by atoms with van der Waals surface area (Å²) in [4.78, 5) is 244. The van der Waals surface area contributed by atoms with Crippen molar-refractivity contribution in [2.75, 3.05) is 110 Å². The highest BCUT2D eigenvalue weighted by Crippen LogP contribution is 2.58. The number of nitrogens with zero attached hydrogens (tertiary/aromatic N) is 11. The Balaban J connectivity index is 0.581. The normalized spacial score (nSPS) is 27.2. The van der Waals surface area contributed by atoms with Gasteiger partial charge < -0.3 is 127 Å². The summed E-state index contributed by atoms with van der Waals surface area (Å²) in [7, 11) is -35.3. The van der Waals surface area contributed by atoms with Crippen molar-refractivity contribution in [2.24, 2.45) is 0 Å². The van der Waals surface area contributed by atoms with E-state index in [1.807, 2.05) is 9.97 Å². The molecule has 0 aliphatic carbocycles. The fourth-order valence-corrected chi connectivity index (χ4v) is 24.1.